The maximum Gasteiger partial charge on any atom is 0.271 e. The van der Waals surface area contributed by atoms with Crippen LogP contribution in [-0.2, 0) is 25.9 Å². The van der Waals surface area contributed by atoms with Gasteiger partial charge in [0.1, 0.15) is 4.90 Å². The molecule has 1 aromatic carbocycles. The first-order chi connectivity index (χ1) is 11.2. The molecule has 1 unspecified atom stereocenters. The van der Waals surface area contributed by atoms with Gasteiger partial charge in [-0.15, -0.1) is 8.80 Å². The molecule has 0 aromatic heterocycles. The van der Waals surface area contributed by atoms with Crippen molar-refractivity contribution in [1.29, 1.82) is 0 Å². The van der Waals surface area contributed by atoms with Crippen molar-refractivity contribution in [3.05, 3.63) is 16.6 Å². The standard InChI is InChI=1S/C12H15BrN4O5S2/c1-4-22-12-11(15-23(19)16-12)14-8-6-5-7(13)10(9(8)18)24(20,21)17(2)3/h5-6,18H,4H2,1-3H3,(H,14,15). The fourth-order valence-corrected chi connectivity index (χ4v) is 4.33. The van der Waals surface area contributed by atoms with Gasteiger partial charge in [0.05, 0.1) is 12.3 Å². The zero-order chi connectivity index (χ0) is 18.1. The molecule has 12 heteroatoms. The molecule has 1 aliphatic rings. The SMILES string of the molecule is CCOC1=NS(=O)N=C1Nc1ccc(Br)c(S(=O)(=O)N(C)C)c1O. The number of hydrogen-bond donors (Lipinski definition) is 2. The summed E-state index contributed by atoms with van der Waals surface area (Å²) in [5.74, 6) is -0.439. The Morgan fingerprint density at radius 2 is 2.04 bits per heavy atom. The fourth-order valence-electron chi connectivity index (χ4n) is 1.76. The van der Waals surface area contributed by atoms with Crippen LogP contribution in [0.15, 0.2) is 30.3 Å². The minimum Gasteiger partial charge on any atom is -0.504 e. The van der Waals surface area contributed by atoms with Crippen molar-refractivity contribution in [3.63, 3.8) is 0 Å². The summed E-state index contributed by atoms with van der Waals surface area (Å²) in [5.41, 5.74) is 0.0590. The first-order valence-electron chi connectivity index (χ1n) is 6.62. The lowest BCUT2D eigenvalue weighted by atomic mass is 10.3. The highest BCUT2D eigenvalue weighted by molar-refractivity contribution is 9.10. The predicted molar refractivity (Wildman–Crippen MR) is 94.9 cm³/mol. The third-order valence-electron chi connectivity index (χ3n) is 2.89. The molecule has 0 aliphatic carbocycles. The largest absolute Gasteiger partial charge is 0.504 e. The van der Waals surface area contributed by atoms with Gasteiger partial charge in [-0.05, 0) is 35.0 Å². The molecule has 1 heterocycles. The maximum absolute atomic E-state index is 12.4. The van der Waals surface area contributed by atoms with Crippen molar-refractivity contribution in [2.24, 2.45) is 8.80 Å². The first kappa shape index (κ1) is 18.8. The van der Waals surface area contributed by atoms with Crippen molar-refractivity contribution in [3.8, 4) is 5.75 Å². The summed E-state index contributed by atoms with van der Waals surface area (Å²) >= 11 is 1.30. The van der Waals surface area contributed by atoms with E-state index in [0.717, 1.165) is 4.31 Å². The summed E-state index contributed by atoms with van der Waals surface area (Å²) in [5, 5.41) is 13.1. The Kier molecular flexibility index (Phi) is 5.63. The molecule has 0 spiro atoms. The zero-order valence-electron chi connectivity index (χ0n) is 13.0. The molecule has 0 amide bonds. The highest BCUT2D eigenvalue weighted by Crippen LogP contribution is 2.38. The number of sulfonamides is 1. The number of halogens is 1. The van der Waals surface area contributed by atoms with Gasteiger partial charge in [0.15, 0.2) is 5.75 Å². The molecule has 9 nitrogen and oxygen atoms in total. The number of benzene rings is 1. The van der Waals surface area contributed by atoms with E-state index in [0.29, 0.717) is 0 Å². The third-order valence-corrected chi connectivity index (χ3v) is 6.36. The normalized spacial score (nSPS) is 17.6. The summed E-state index contributed by atoms with van der Waals surface area (Å²) in [6.07, 6.45) is 0. The van der Waals surface area contributed by atoms with Gasteiger partial charge in [0.2, 0.25) is 15.9 Å². The van der Waals surface area contributed by atoms with Crippen LogP contribution in [0, 0.1) is 0 Å². The fraction of sp³-hybridized carbons (Fsp3) is 0.333. The van der Waals surface area contributed by atoms with E-state index in [4.69, 9.17) is 4.74 Å². The predicted octanol–water partition coefficient (Wildman–Crippen LogP) is 1.24. The van der Waals surface area contributed by atoms with Crippen LogP contribution in [-0.4, -0.2) is 54.5 Å². The molecule has 1 aromatic rings. The molecule has 1 aliphatic heterocycles. The van der Waals surface area contributed by atoms with Gasteiger partial charge >= 0.3 is 0 Å². The minimum atomic E-state index is -3.89. The Labute approximate surface area is 150 Å². The molecule has 132 valence electrons. The summed E-state index contributed by atoms with van der Waals surface area (Å²) in [7, 11) is -1.19. The summed E-state index contributed by atoms with van der Waals surface area (Å²) in [4.78, 5) is -0.299. The number of aromatic hydroxyl groups is 1. The van der Waals surface area contributed by atoms with E-state index in [-0.39, 0.29) is 33.4 Å². The molecule has 2 N–H and O–H groups in total. The second-order valence-corrected chi connectivity index (χ2v) is 8.45. The molecular weight excluding hydrogens is 424 g/mol. The highest BCUT2D eigenvalue weighted by Gasteiger charge is 2.28. The van der Waals surface area contributed by atoms with Crippen molar-refractivity contribution >= 4 is 54.5 Å². The Balaban J connectivity index is 2.46. The van der Waals surface area contributed by atoms with Crippen molar-refractivity contribution in [2.45, 2.75) is 11.8 Å². The van der Waals surface area contributed by atoms with E-state index in [9.17, 15) is 17.7 Å². The van der Waals surface area contributed by atoms with E-state index >= 15 is 0 Å². The summed E-state index contributed by atoms with van der Waals surface area (Å²) in [6, 6.07) is 2.91. The van der Waals surface area contributed by atoms with Crippen LogP contribution in [0.25, 0.3) is 0 Å². The van der Waals surface area contributed by atoms with Gasteiger partial charge in [-0.25, -0.2) is 16.9 Å². The topological polar surface area (TPSA) is 121 Å². The van der Waals surface area contributed by atoms with Gasteiger partial charge in [-0.2, -0.15) is 0 Å². The van der Waals surface area contributed by atoms with E-state index in [1.54, 1.807) is 6.92 Å². The lowest BCUT2D eigenvalue weighted by Gasteiger charge is -2.17. The third kappa shape index (κ3) is 3.61. The van der Waals surface area contributed by atoms with Crippen molar-refractivity contribution in [1.82, 2.24) is 4.31 Å². The summed E-state index contributed by atoms with van der Waals surface area (Å²) < 4.78 is 50.0. The van der Waals surface area contributed by atoms with Crippen LogP contribution in [0.4, 0.5) is 5.69 Å². The van der Waals surface area contributed by atoms with E-state index in [1.165, 1.54) is 26.2 Å². The molecule has 0 fully saturated rings. The number of anilines is 1. The number of ether oxygens (including phenoxy) is 1. The van der Waals surface area contributed by atoms with Crippen LogP contribution in [0.5, 0.6) is 5.75 Å². The van der Waals surface area contributed by atoms with Crippen LogP contribution in [0.3, 0.4) is 0 Å². The monoisotopic (exact) mass is 438 g/mol. The lowest BCUT2D eigenvalue weighted by molar-refractivity contribution is 0.335. The summed E-state index contributed by atoms with van der Waals surface area (Å²) in [6.45, 7) is 2.00. The van der Waals surface area contributed by atoms with Crippen molar-refractivity contribution < 1.29 is 22.5 Å². The first-order valence-corrected chi connectivity index (χ1v) is 9.91. The molecule has 0 radical (unpaired) electrons. The second-order valence-electron chi connectivity index (χ2n) is 4.69. The zero-order valence-corrected chi connectivity index (χ0v) is 16.2. The average Bonchev–Trinajstić information content (AvgIpc) is 2.82. The number of phenolic OH excluding ortho intramolecular Hbond substituents is 1. The van der Waals surface area contributed by atoms with Gasteiger partial charge in [0, 0.05) is 18.6 Å². The smallest absolute Gasteiger partial charge is 0.271 e. The van der Waals surface area contributed by atoms with E-state index in [2.05, 4.69) is 30.0 Å². The number of nitrogens with one attached hydrogen (secondary N) is 1. The number of rotatable bonds is 4. The van der Waals surface area contributed by atoms with Crippen LogP contribution >= 0.6 is 15.9 Å². The maximum atomic E-state index is 12.4. The van der Waals surface area contributed by atoms with Crippen LogP contribution in [0.2, 0.25) is 0 Å². The van der Waals surface area contributed by atoms with Gasteiger partial charge in [0.25, 0.3) is 17.1 Å². The van der Waals surface area contributed by atoms with Gasteiger partial charge in [-0.3, -0.25) is 0 Å². The minimum absolute atomic E-state index is 0.0233. The number of amidine groups is 1. The van der Waals surface area contributed by atoms with E-state index < -0.39 is 26.9 Å². The molecular formula is C12H15BrN4O5S2. The van der Waals surface area contributed by atoms with Crippen LogP contribution in [0.1, 0.15) is 6.92 Å². The molecule has 24 heavy (non-hydrogen) atoms. The molecule has 0 saturated heterocycles. The Morgan fingerprint density at radius 1 is 1.38 bits per heavy atom. The molecule has 0 saturated carbocycles. The molecule has 2 rings (SSSR count). The molecule has 0 bridgehead atoms. The molecule has 1 atom stereocenters. The lowest BCUT2D eigenvalue weighted by Crippen LogP contribution is -2.25. The highest BCUT2D eigenvalue weighted by atomic mass is 79.9. The Hall–Kier alpha value is -1.50. The van der Waals surface area contributed by atoms with Crippen molar-refractivity contribution in [2.75, 3.05) is 26.0 Å². The Bertz CT molecular complexity index is 851. The van der Waals surface area contributed by atoms with Crippen LogP contribution < -0.4 is 5.32 Å². The average molecular weight is 439 g/mol. The number of hydrogen-bond acceptors (Lipinski definition) is 6. The number of phenols is 1. The quantitative estimate of drug-likeness (QED) is 0.682. The van der Waals surface area contributed by atoms with Gasteiger partial charge < -0.3 is 15.2 Å². The van der Waals surface area contributed by atoms with E-state index in [1.807, 2.05) is 0 Å². The number of nitrogens with zero attached hydrogens (tertiary/aromatic N) is 3. The van der Waals surface area contributed by atoms with Gasteiger partial charge in [-0.1, -0.05) is 0 Å². The Morgan fingerprint density at radius 3 is 2.62 bits per heavy atom. The second kappa shape index (κ2) is 7.17.